The monoisotopic (exact) mass is 547 g/mol. The predicted octanol–water partition coefficient (Wildman–Crippen LogP) is 4.24. The summed E-state index contributed by atoms with van der Waals surface area (Å²) in [4.78, 5) is 20.7. The smallest absolute Gasteiger partial charge is 0.296 e. The molecule has 0 saturated carbocycles. The summed E-state index contributed by atoms with van der Waals surface area (Å²) in [6.45, 7) is 2.49. The van der Waals surface area contributed by atoms with E-state index >= 15 is 0 Å². The molecule has 1 fully saturated rings. The molecule has 0 radical (unpaired) electrons. The van der Waals surface area contributed by atoms with Gasteiger partial charge in [0.2, 0.25) is 15.7 Å². The Morgan fingerprint density at radius 3 is 2.51 bits per heavy atom. The van der Waals surface area contributed by atoms with E-state index in [0.717, 1.165) is 28.7 Å². The molecule has 2 unspecified atom stereocenters. The largest absolute Gasteiger partial charge is 0.493 e. The minimum atomic E-state index is -4.44. The highest BCUT2D eigenvalue weighted by Gasteiger charge is 2.35. The molecule has 0 aliphatic carbocycles. The van der Waals surface area contributed by atoms with E-state index in [9.17, 15) is 18.3 Å². The number of aromatic hydroxyl groups is 1. The number of ether oxygens (including phenoxy) is 2. The number of hydrogen-bond acceptors (Lipinski definition) is 8. The van der Waals surface area contributed by atoms with Crippen LogP contribution in [-0.2, 0) is 19.3 Å². The third-order valence-corrected chi connectivity index (χ3v) is 8.68. The lowest BCUT2D eigenvalue weighted by Crippen LogP contribution is -2.30. The number of rotatable bonds is 8. The van der Waals surface area contributed by atoms with Gasteiger partial charge >= 0.3 is 0 Å². The molecule has 2 aromatic heterocycles. The van der Waals surface area contributed by atoms with E-state index in [-0.39, 0.29) is 17.3 Å². The molecule has 1 aliphatic rings. The molecule has 1 N–H and O–H groups in total. The fourth-order valence-electron chi connectivity index (χ4n) is 4.95. The van der Waals surface area contributed by atoms with Crippen molar-refractivity contribution in [1.82, 2.24) is 14.5 Å². The summed E-state index contributed by atoms with van der Waals surface area (Å²) < 4.78 is 40.2. The lowest BCUT2D eigenvalue weighted by molar-refractivity contribution is 0.0925. The number of nitrogens with zero attached hydrogens (tertiary/aromatic N) is 3. The lowest BCUT2D eigenvalue weighted by atomic mass is 10.0. The summed E-state index contributed by atoms with van der Waals surface area (Å²) in [7, 11) is -2.93. The van der Waals surface area contributed by atoms with Gasteiger partial charge in [-0.1, -0.05) is 42.5 Å². The molecular formula is C29H29N3O6S. The summed E-state index contributed by atoms with van der Waals surface area (Å²) in [6, 6.07) is 16.6. The minimum Gasteiger partial charge on any atom is -0.493 e. The Hall–Kier alpha value is -3.86. The van der Waals surface area contributed by atoms with Gasteiger partial charge in [-0.25, -0.2) is 8.42 Å². The Morgan fingerprint density at radius 2 is 1.87 bits per heavy atom. The van der Waals surface area contributed by atoms with Gasteiger partial charge in [0.1, 0.15) is 11.9 Å². The van der Waals surface area contributed by atoms with Gasteiger partial charge in [-0.15, -0.1) is 0 Å². The van der Waals surface area contributed by atoms with E-state index in [1.54, 1.807) is 24.5 Å². The summed E-state index contributed by atoms with van der Waals surface area (Å²) in [6.07, 6.45) is 4.17. The van der Waals surface area contributed by atoms with Crippen LogP contribution in [0.5, 0.6) is 5.88 Å². The number of aryl methyl sites for hydroxylation is 1. The van der Waals surface area contributed by atoms with Crippen LogP contribution >= 0.6 is 0 Å². The van der Waals surface area contributed by atoms with Crippen LogP contribution in [0.15, 0.2) is 87.6 Å². The van der Waals surface area contributed by atoms with Gasteiger partial charge in [0, 0.05) is 26.1 Å². The predicted molar refractivity (Wildman–Crippen MR) is 144 cm³/mol. The number of benzene rings is 2. The maximum Gasteiger partial charge on any atom is 0.296 e. The number of sulfone groups is 1. The van der Waals surface area contributed by atoms with E-state index in [4.69, 9.17) is 9.47 Å². The maximum atomic E-state index is 13.8. The van der Waals surface area contributed by atoms with E-state index < -0.39 is 38.3 Å². The topological polar surface area (TPSA) is 121 Å². The number of hydrogen-bond donors (Lipinski definition) is 1. The van der Waals surface area contributed by atoms with Crippen molar-refractivity contribution >= 4 is 9.84 Å². The highest BCUT2D eigenvalue weighted by atomic mass is 32.2. The highest BCUT2D eigenvalue weighted by molar-refractivity contribution is 7.91. The number of pyridine rings is 1. The van der Waals surface area contributed by atoms with E-state index in [1.165, 1.54) is 23.8 Å². The molecule has 0 bridgehead atoms. The Balaban J connectivity index is 1.67. The molecule has 5 rings (SSSR count). The van der Waals surface area contributed by atoms with Gasteiger partial charge in [0.25, 0.3) is 5.56 Å². The first kappa shape index (κ1) is 26.7. The van der Waals surface area contributed by atoms with Crippen LogP contribution < -0.4 is 5.56 Å². The van der Waals surface area contributed by atoms with Crippen molar-refractivity contribution in [2.24, 2.45) is 0 Å². The van der Waals surface area contributed by atoms with Crippen LogP contribution in [0.1, 0.15) is 41.9 Å². The molecule has 2 aromatic carbocycles. The average Bonchev–Trinajstić information content (AvgIpc) is 3.48. The third kappa shape index (κ3) is 5.10. The molecule has 10 heteroatoms. The maximum absolute atomic E-state index is 13.8. The molecule has 9 nitrogen and oxygen atoms in total. The second-order valence-electron chi connectivity index (χ2n) is 9.40. The summed E-state index contributed by atoms with van der Waals surface area (Å²) in [5, 5.41) is 11.6. The Labute approximate surface area is 226 Å². The second-order valence-corrected chi connectivity index (χ2v) is 11.3. The fraction of sp³-hybridized carbons (Fsp3) is 0.276. The zero-order valence-corrected chi connectivity index (χ0v) is 22.5. The molecular weight excluding hydrogens is 518 g/mol. The number of aromatic nitrogens is 3. The zero-order valence-electron chi connectivity index (χ0n) is 21.6. The molecule has 3 heterocycles. The van der Waals surface area contributed by atoms with Gasteiger partial charge in [-0.05, 0) is 60.2 Å². The first-order valence-electron chi connectivity index (χ1n) is 12.6. The molecule has 1 aliphatic heterocycles. The van der Waals surface area contributed by atoms with Gasteiger partial charge in [0.05, 0.1) is 17.5 Å². The van der Waals surface area contributed by atoms with E-state index in [0.29, 0.717) is 13.0 Å². The number of methoxy groups -OCH3 is 1. The Kier molecular flexibility index (Phi) is 7.60. The van der Waals surface area contributed by atoms with Crippen LogP contribution in [-0.4, -0.2) is 48.4 Å². The second kappa shape index (κ2) is 11.1. The van der Waals surface area contributed by atoms with Crippen molar-refractivity contribution in [2.75, 3.05) is 20.3 Å². The van der Waals surface area contributed by atoms with Crippen molar-refractivity contribution in [3.05, 3.63) is 100 Å². The van der Waals surface area contributed by atoms with Crippen LogP contribution in [0.3, 0.4) is 0 Å². The van der Waals surface area contributed by atoms with Crippen molar-refractivity contribution in [2.45, 2.75) is 41.7 Å². The normalized spacial score (nSPS) is 16.3. The average molecular weight is 548 g/mol. The summed E-state index contributed by atoms with van der Waals surface area (Å²) >= 11 is 0. The molecule has 202 valence electrons. The van der Waals surface area contributed by atoms with Gasteiger partial charge < -0.3 is 14.6 Å². The molecule has 0 spiro atoms. The van der Waals surface area contributed by atoms with Crippen molar-refractivity contribution in [3.8, 4) is 17.0 Å². The van der Waals surface area contributed by atoms with Gasteiger partial charge in [0.15, 0.2) is 4.90 Å². The zero-order chi connectivity index (χ0) is 27.6. The van der Waals surface area contributed by atoms with Crippen molar-refractivity contribution in [1.29, 1.82) is 0 Å². The van der Waals surface area contributed by atoms with Crippen LogP contribution in [0, 0.1) is 6.92 Å². The van der Waals surface area contributed by atoms with E-state index in [1.807, 2.05) is 43.3 Å². The first-order chi connectivity index (χ1) is 18.8. The quantitative estimate of drug-likeness (QED) is 0.348. The van der Waals surface area contributed by atoms with Crippen LogP contribution in [0.2, 0.25) is 0 Å². The Morgan fingerprint density at radius 1 is 1.13 bits per heavy atom. The first-order valence-corrected chi connectivity index (χ1v) is 14.1. The summed E-state index contributed by atoms with van der Waals surface area (Å²) in [5.74, 6) is -0.524. The van der Waals surface area contributed by atoms with Crippen molar-refractivity contribution < 1.29 is 23.0 Å². The standard InChI is InChI=1S/C29H29N3O6S/c1-19-17-30-15-14-23(19)20-10-12-22(13-11-20)39(35,36)26-28(33)31-27(25-9-6-16-38-25)32(29(26)34)24(18-37-2)21-7-4-3-5-8-21/h3-5,7-8,10-15,17,24-25,34H,6,9,16,18H2,1-2H3. The summed E-state index contributed by atoms with van der Waals surface area (Å²) in [5.41, 5.74) is 2.36. The molecule has 2 atom stereocenters. The minimum absolute atomic E-state index is 0.0985. The Bertz CT molecular complexity index is 1630. The molecule has 39 heavy (non-hydrogen) atoms. The van der Waals surface area contributed by atoms with E-state index in [2.05, 4.69) is 9.97 Å². The lowest BCUT2D eigenvalue weighted by Gasteiger charge is -2.27. The van der Waals surface area contributed by atoms with Gasteiger partial charge in [-0.2, -0.15) is 4.98 Å². The molecule has 0 amide bonds. The van der Waals surface area contributed by atoms with Crippen LogP contribution in [0.4, 0.5) is 0 Å². The molecule has 1 saturated heterocycles. The highest BCUT2D eigenvalue weighted by Crippen LogP contribution is 2.37. The van der Waals surface area contributed by atoms with Gasteiger partial charge in [-0.3, -0.25) is 14.3 Å². The SMILES string of the molecule is COCC(c1ccccc1)n1c(C2CCCO2)nc(=O)c(S(=O)(=O)c2ccc(-c3ccncc3C)cc2)c1O. The fourth-order valence-corrected chi connectivity index (χ4v) is 6.30. The van der Waals surface area contributed by atoms with Crippen LogP contribution in [0.25, 0.3) is 11.1 Å². The third-order valence-electron chi connectivity index (χ3n) is 6.89. The van der Waals surface area contributed by atoms with Crippen molar-refractivity contribution in [3.63, 3.8) is 0 Å². The molecule has 4 aromatic rings.